The maximum absolute atomic E-state index is 12.9. The van der Waals surface area contributed by atoms with Gasteiger partial charge < -0.3 is 9.47 Å². The molecule has 2 heterocycles. The number of fused-ring (bicyclic) bond motifs is 1. The lowest BCUT2D eigenvalue weighted by Crippen LogP contribution is -2.48. The third kappa shape index (κ3) is 4.70. The minimum absolute atomic E-state index is 0.142. The maximum Gasteiger partial charge on any atom is 0.269 e. The standard InChI is InChI=1S/C21H24N4O5S2/c1-13-11-25(12-14(2)30-13)32(27,28)17-7-4-15(5-8-17)20(26)23-24-21-22-18-9-6-16(29-3)10-19(18)31-21/h4-10,13-14H,11-12H2,1-3H3,(H,22,24)(H,23,26)/t13-,14-/m0/s1. The van der Waals surface area contributed by atoms with Gasteiger partial charge in [0.05, 0.1) is 34.4 Å². The smallest absolute Gasteiger partial charge is 0.269 e. The number of ether oxygens (including phenoxy) is 2. The monoisotopic (exact) mass is 476 g/mol. The first-order valence-corrected chi connectivity index (χ1v) is 12.3. The fourth-order valence-corrected chi connectivity index (χ4v) is 5.96. The summed E-state index contributed by atoms with van der Waals surface area (Å²) in [5.74, 6) is 0.326. The number of aromatic nitrogens is 1. The highest BCUT2D eigenvalue weighted by Crippen LogP contribution is 2.28. The van der Waals surface area contributed by atoms with E-state index in [1.54, 1.807) is 7.11 Å². The van der Waals surface area contributed by atoms with E-state index in [1.165, 1.54) is 39.9 Å². The Morgan fingerprint density at radius 1 is 1.16 bits per heavy atom. The van der Waals surface area contributed by atoms with Crippen LogP contribution in [0.2, 0.25) is 0 Å². The Morgan fingerprint density at radius 3 is 2.50 bits per heavy atom. The first-order valence-electron chi connectivity index (χ1n) is 10.0. The summed E-state index contributed by atoms with van der Waals surface area (Å²) >= 11 is 1.37. The lowest BCUT2D eigenvalue weighted by Gasteiger charge is -2.34. The van der Waals surface area contributed by atoms with E-state index in [-0.39, 0.29) is 17.1 Å². The van der Waals surface area contributed by atoms with Crippen molar-refractivity contribution in [2.75, 3.05) is 25.6 Å². The lowest BCUT2D eigenvalue weighted by molar-refractivity contribution is -0.0440. The predicted molar refractivity (Wildman–Crippen MR) is 122 cm³/mol. The van der Waals surface area contributed by atoms with Gasteiger partial charge in [0.1, 0.15) is 5.75 Å². The molecule has 1 aromatic heterocycles. The SMILES string of the molecule is COc1ccc2nc(NNC(=O)c3ccc(S(=O)(=O)N4C[C@H](C)O[C@@H](C)C4)cc3)sc2c1. The molecule has 9 nitrogen and oxygen atoms in total. The number of sulfonamides is 1. The highest BCUT2D eigenvalue weighted by molar-refractivity contribution is 7.89. The van der Waals surface area contributed by atoms with Crippen LogP contribution in [0.5, 0.6) is 5.75 Å². The minimum Gasteiger partial charge on any atom is -0.497 e. The van der Waals surface area contributed by atoms with E-state index in [2.05, 4.69) is 15.8 Å². The molecule has 2 atom stereocenters. The van der Waals surface area contributed by atoms with Crippen LogP contribution in [-0.2, 0) is 14.8 Å². The highest BCUT2D eigenvalue weighted by Gasteiger charge is 2.32. The Kier molecular flexibility index (Phi) is 6.33. The third-order valence-corrected chi connectivity index (χ3v) is 7.80. The molecule has 1 aliphatic rings. The molecular formula is C21H24N4O5S2. The van der Waals surface area contributed by atoms with Crippen molar-refractivity contribution in [3.05, 3.63) is 48.0 Å². The van der Waals surface area contributed by atoms with Gasteiger partial charge in [-0.2, -0.15) is 4.31 Å². The number of morpholine rings is 1. The lowest BCUT2D eigenvalue weighted by atomic mass is 10.2. The number of carbonyl (C=O) groups is 1. The van der Waals surface area contributed by atoms with E-state index < -0.39 is 15.9 Å². The fourth-order valence-electron chi connectivity index (χ4n) is 3.52. The zero-order chi connectivity index (χ0) is 22.9. The van der Waals surface area contributed by atoms with E-state index >= 15 is 0 Å². The summed E-state index contributed by atoms with van der Waals surface area (Å²) in [5.41, 5.74) is 6.50. The van der Waals surface area contributed by atoms with Gasteiger partial charge in [-0.05, 0) is 56.3 Å². The van der Waals surface area contributed by atoms with Crippen LogP contribution in [0.3, 0.4) is 0 Å². The van der Waals surface area contributed by atoms with Crippen molar-refractivity contribution in [3.63, 3.8) is 0 Å². The molecule has 1 amide bonds. The van der Waals surface area contributed by atoms with Gasteiger partial charge >= 0.3 is 0 Å². The number of hydrazine groups is 1. The van der Waals surface area contributed by atoms with Gasteiger partial charge in [-0.15, -0.1) is 0 Å². The molecule has 0 bridgehead atoms. The molecule has 170 valence electrons. The Balaban J connectivity index is 1.42. The van der Waals surface area contributed by atoms with Gasteiger partial charge in [-0.1, -0.05) is 11.3 Å². The number of rotatable bonds is 6. The molecule has 1 saturated heterocycles. The Bertz CT molecular complexity index is 1220. The van der Waals surface area contributed by atoms with Crippen molar-refractivity contribution < 1.29 is 22.7 Å². The summed E-state index contributed by atoms with van der Waals surface area (Å²) in [6.07, 6.45) is -0.346. The summed E-state index contributed by atoms with van der Waals surface area (Å²) in [4.78, 5) is 17.0. The molecule has 1 fully saturated rings. The molecule has 0 spiro atoms. The molecule has 11 heteroatoms. The molecule has 0 saturated carbocycles. The average molecular weight is 477 g/mol. The quantitative estimate of drug-likeness (QED) is 0.527. The molecule has 2 aromatic carbocycles. The van der Waals surface area contributed by atoms with Crippen molar-refractivity contribution in [1.29, 1.82) is 0 Å². The van der Waals surface area contributed by atoms with Crippen molar-refractivity contribution in [2.24, 2.45) is 0 Å². The number of nitrogens with one attached hydrogen (secondary N) is 2. The van der Waals surface area contributed by atoms with Crippen LogP contribution in [0, 0.1) is 0 Å². The number of hydrogen-bond donors (Lipinski definition) is 2. The first kappa shape index (κ1) is 22.5. The van der Waals surface area contributed by atoms with Gasteiger partial charge in [0.25, 0.3) is 5.91 Å². The molecule has 3 aromatic rings. The number of thiazole rings is 1. The topological polar surface area (TPSA) is 110 Å². The summed E-state index contributed by atoms with van der Waals surface area (Å²) in [7, 11) is -2.06. The van der Waals surface area contributed by atoms with Gasteiger partial charge in [-0.25, -0.2) is 13.4 Å². The molecule has 32 heavy (non-hydrogen) atoms. The van der Waals surface area contributed by atoms with Crippen LogP contribution < -0.4 is 15.6 Å². The summed E-state index contributed by atoms with van der Waals surface area (Å²) in [5, 5.41) is 0.524. The number of amides is 1. The second kappa shape index (κ2) is 9.02. The van der Waals surface area contributed by atoms with Gasteiger partial charge in [-0.3, -0.25) is 15.6 Å². The predicted octanol–water partition coefficient (Wildman–Crippen LogP) is 2.86. The Morgan fingerprint density at radius 2 is 1.84 bits per heavy atom. The van der Waals surface area contributed by atoms with E-state index in [0.717, 1.165) is 16.0 Å². The normalized spacial score (nSPS) is 19.6. The zero-order valence-electron chi connectivity index (χ0n) is 17.9. The summed E-state index contributed by atoms with van der Waals surface area (Å²) < 4.78 is 39.0. The van der Waals surface area contributed by atoms with Crippen molar-refractivity contribution in [2.45, 2.75) is 31.0 Å². The Labute approximate surface area is 190 Å². The van der Waals surface area contributed by atoms with Crippen LogP contribution >= 0.6 is 11.3 Å². The molecule has 0 aliphatic carbocycles. The zero-order valence-corrected chi connectivity index (χ0v) is 19.5. The molecule has 0 radical (unpaired) electrons. The number of nitrogens with zero attached hydrogens (tertiary/aromatic N) is 2. The van der Waals surface area contributed by atoms with Crippen LogP contribution in [0.1, 0.15) is 24.2 Å². The molecule has 1 aliphatic heterocycles. The largest absolute Gasteiger partial charge is 0.497 e. The summed E-state index contributed by atoms with van der Waals surface area (Å²) in [6, 6.07) is 11.4. The minimum atomic E-state index is -3.66. The van der Waals surface area contributed by atoms with Crippen LogP contribution in [0.15, 0.2) is 47.4 Å². The average Bonchev–Trinajstić information content (AvgIpc) is 3.19. The van der Waals surface area contributed by atoms with Gasteiger partial charge in [0, 0.05) is 18.7 Å². The van der Waals surface area contributed by atoms with Crippen molar-refractivity contribution >= 4 is 42.6 Å². The van der Waals surface area contributed by atoms with E-state index in [0.29, 0.717) is 23.8 Å². The molecular weight excluding hydrogens is 452 g/mol. The van der Waals surface area contributed by atoms with Crippen LogP contribution in [0.25, 0.3) is 10.2 Å². The van der Waals surface area contributed by atoms with Crippen LogP contribution in [-0.4, -0.2) is 56.0 Å². The first-order chi connectivity index (χ1) is 15.3. The maximum atomic E-state index is 12.9. The molecule has 4 rings (SSSR count). The number of anilines is 1. The third-order valence-electron chi connectivity index (χ3n) is 5.02. The highest BCUT2D eigenvalue weighted by atomic mass is 32.2. The van der Waals surface area contributed by atoms with Crippen LogP contribution in [0.4, 0.5) is 5.13 Å². The number of methoxy groups -OCH3 is 1. The molecule has 2 N–H and O–H groups in total. The number of carbonyl (C=O) groups excluding carboxylic acids is 1. The number of hydrogen-bond acceptors (Lipinski definition) is 8. The van der Waals surface area contributed by atoms with E-state index in [9.17, 15) is 13.2 Å². The van der Waals surface area contributed by atoms with Crippen molar-refractivity contribution in [1.82, 2.24) is 14.7 Å². The second-order valence-corrected chi connectivity index (χ2v) is 10.5. The van der Waals surface area contributed by atoms with E-state index in [4.69, 9.17) is 9.47 Å². The van der Waals surface area contributed by atoms with Gasteiger partial charge in [0.2, 0.25) is 15.2 Å². The second-order valence-electron chi connectivity index (χ2n) is 7.54. The fraction of sp³-hybridized carbons (Fsp3) is 0.333. The van der Waals surface area contributed by atoms with E-state index in [1.807, 2.05) is 32.0 Å². The van der Waals surface area contributed by atoms with Gasteiger partial charge in [0.15, 0.2) is 0 Å². The molecule has 0 unspecified atom stereocenters. The van der Waals surface area contributed by atoms with Crippen molar-refractivity contribution in [3.8, 4) is 5.75 Å². The Hall–Kier alpha value is -2.73. The summed E-state index contributed by atoms with van der Waals surface area (Å²) in [6.45, 7) is 4.29. The number of benzene rings is 2.